The summed E-state index contributed by atoms with van der Waals surface area (Å²) in [6.45, 7) is 10.8. The molecule has 0 N–H and O–H groups in total. The molecule has 1 rings (SSSR count). The van der Waals surface area contributed by atoms with Crippen LogP contribution in [0.1, 0.15) is 47.0 Å². The maximum absolute atomic E-state index is 11.1. The Hall–Kier alpha value is -0.370. The molecule has 2 heteroatoms. The van der Waals surface area contributed by atoms with E-state index in [4.69, 9.17) is 0 Å². The van der Waals surface area contributed by atoms with E-state index in [9.17, 15) is 4.79 Å². The maximum atomic E-state index is 11.1. The van der Waals surface area contributed by atoms with Crippen LogP contribution >= 0.6 is 0 Å². The standard InChI is InChI=1S/C13H25NO/c1-5-13(4,10-15)9-14(8-11(2)3)12-6-7-12/h10-12H,5-9H2,1-4H3. The zero-order valence-corrected chi connectivity index (χ0v) is 10.6. The Morgan fingerprint density at radius 2 is 2.07 bits per heavy atom. The van der Waals surface area contributed by atoms with E-state index in [-0.39, 0.29) is 5.41 Å². The number of rotatable bonds is 7. The molecule has 1 aliphatic rings. The lowest BCUT2D eigenvalue weighted by atomic mass is 9.88. The van der Waals surface area contributed by atoms with Crippen LogP contribution in [0.25, 0.3) is 0 Å². The van der Waals surface area contributed by atoms with Crippen LogP contribution in [-0.2, 0) is 4.79 Å². The van der Waals surface area contributed by atoms with E-state index in [1.54, 1.807) is 0 Å². The number of carbonyl (C=O) groups excluding carboxylic acids is 1. The second kappa shape index (κ2) is 5.11. The predicted molar refractivity (Wildman–Crippen MR) is 63.9 cm³/mol. The highest BCUT2D eigenvalue weighted by Gasteiger charge is 2.34. The first-order valence-electron chi connectivity index (χ1n) is 6.21. The van der Waals surface area contributed by atoms with Crippen LogP contribution in [0.3, 0.4) is 0 Å². The summed E-state index contributed by atoms with van der Waals surface area (Å²) >= 11 is 0. The summed E-state index contributed by atoms with van der Waals surface area (Å²) in [6, 6.07) is 0.762. The molecule has 15 heavy (non-hydrogen) atoms. The molecule has 1 atom stereocenters. The normalized spacial score (nSPS) is 20.7. The van der Waals surface area contributed by atoms with Crippen LogP contribution in [0.15, 0.2) is 0 Å². The van der Waals surface area contributed by atoms with Crippen molar-refractivity contribution in [2.24, 2.45) is 11.3 Å². The van der Waals surface area contributed by atoms with E-state index in [0.717, 1.165) is 31.8 Å². The van der Waals surface area contributed by atoms with Crippen molar-refractivity contribution in [2.45, 2.75) is 53.0 Å². The molecule has 0 aliphatic heterocycles. The SMILES string of the molecule is CCC(C)(C=O)CN(CC(C)C)C1CC1. The van der Waals surface area contributed by atoms with Gasteiger partial charge in [0.1, 0.15) is 6.29 Å². The zero-order chi connectivity index (χ0) is 11.5. The molecule has 0 bridgehead atoms. The third-order valence-electron chi connectivity index (χ3n) is 3.32. The van der Waals surface area contributed by atoms with Gasteiger partial charge in [-0.2, -0.15) is 0 Å². The summed E-state index contributed by atoms with van der Waals surface area (Å²) in [5, 5.41) is 0. The Bertz CT molecular complexity index is 211. The number of carbonyl (C=O) groups is 1. The van der Waals surface area contributed by atoms with Crippen molar-refractivity contribution in [2.75, 3.05) is 13.1 Å². The summed E-state index contributed by atoms with van der Waals surface area (Å²) in [4.78, 5) is 13.6. The Morgan fingerprint density at radius 1 is 1.47 bits per heavy atom. The number of nitrogens with zero attached hydrogens (tertiary/aromatic N) is 1. The number of hydrogen-bond donors (Lipinski definition) is 0. The van der Waals surface area contributed by atoms with Gasteiger partial charge in [0.2, 0.25) is 0 Å². The van der Waals surface area contributed by atoms with Gasteiger partial charge in [0.05, 0.1) is 0 Å². The smallest absolute Gasteiger partial charge is 0.127 e. The lowest BCUT2D eigenvalue weighted by molar-refractivity contribution is -0.116. The number of hydrogen-bond acceptors (Lipinski definition) is 2. The van der Waals surface area contributed by atoms with Gasteiger partial charge in [0, 0.05) is 24.5 Å². The third-order valence-corrected chi connectivity index (χ3v) is 3.32. The summed E-state index contributed by atoms with van der Waals surface area (Å²) in [7, 11) is 0. The average molecular weight is 211 g/mol. The van der Waals surface area contributed by atoms with Crippen LogP contribution in [0.4, 0.5) is 0 Å². The van der Waals surface area contributed by atoms with E-state index < -0.39 is 0 Å². The van der Waals surface area contributed by atoms with Crippen molar-refractivity contribution in [3.63, 3.8) is 0 Å². The van der Waals surface area contributed by atoms with Crippen molar-refractivity contribution in [3.05, 3.63) is 0 Å². The third kappa shape index (κ3) is 3.94. The Balaban J connectivity index is 2.52. The molecular formula is C13H25NO. The summed E-state index contributed by atoms with van der Waals surface area (Å²) in [6.07, 6.45) is 4.73. The van der Waals surface area contributed by atoms with Gasteiger partial charge >= 0.3 is 0 Å². The second-order valence-corrected chi connectivity index (χ2v) is 5.68. The number of aldehydes is 1. The van der Waals surface area contributed by atoms with E-state index in [1.165, 1.54) is 12.8 Å². The molecule has 0 aromatic rings. The molecule has 0 spiro atoms. The fourth-order valence-corrected chi connectivity index (χ4v) is 1.95. The van der Waals surface area contributed by atoms with Gasteiger partial charge in [-0.25, -0.2) is 0 Å². The molecule has 0 aromatic carbocycles. The average Bonchev–Trinajstić information content (AvgIpc) is 2.99. The lowest BCUT2D eigenvalue weighted by Gasteiger charge is -2.32. The molecule has 0 aromatic heterocycles. The molecular weight excluding hydrogens is 186 g/mol. The van der Waals surface area contributed by atoms with Gasteiger partial charge in [-0.05, 0) is 25.2 Å². The van der Waals surface area contributed by atoms with Crippen LogP contribution in [0, 0.1) is 11.3 Å². The Kier molecular flexibility index (Phi) is 4.32. The Labute approximate surface area is 94.0 Å². The summed E-state index contributed by atoms with van der Waals surface area (Å²) in [5.74, 6) is 0.693. The molecule has 1 fully saturated rings. The molecule has 2 nitrogen and oxygen atoms in total. The van der Waals surface area contributed by atoms with Crippen molar-refractivity contribution in [1.82, 2.24) is 4.90 Å². The highest BCUT2D eigenvalue weighted by molar-refractivity contribution is 5.58. The van der Waals surface area contributed by atoms with Gasteiger partial charge in [-0.1, -0.05) is 27.7 Å². The fraction of sp³-hybridized carbons (Fsp3) is 0.923. The fourth-order valence-electron chi connectivity index (χ4n) is 1.95. The van der Waals surface area contributed by atoms with Crippen LogP contribution < -0.4 is 0 Å². The molecule has 0 saturated heterocycles. The maximum Gasteiger partial charge on any atom is 0.127 e. The van der Waals surface area contributed by atoms with Crippen molar-refractivity contribution in [3.8, 4) is 0 Å². The highest BCUT2D eigenvalue weighted by Crippen LogP contribution is 2.31. The monoisotopic (exact) mass is 211 g/mol. The minimum Gasteiger partial charge on any atom is -0.303 e. The summed E-state index contributed by atoms with van der Waals surface area (Å²) < 4.78 is 0. The molecule has 0 radical (unpaired) electrons. The quantitative estimate of drug-likeness (QED) is 0.603. The van der Waals surface area contributed by atoms with E-state index in [1.807, 2.05) is 0 Å². The topological polar surface area (TPSA) is 20.3 Å². The zero-order valence-electron chi connectivity index (χ0n) is 10.6. The first kappa shape index (κ1) is 12.7. The van der Waals surface area contributed by atoms with Crippen molar-refractivity contribution in [1.29, 1.82) is 0 Å². The van der Waals surface area contributed by atoms with Crippen LogP contribution in [0.2, 0.25) is 0 Å². The van der Waals surface area contributed by atoms with Gasteiger partial charge in [0.15, 0.2) is 0 Å². The van der Waals surface area contributed by atoms with E-state index >= 15 is 0 Å². The summed E-state index contributed by atoms with van der Waals surface area (Å²) in [5.41, 5.74) is -0.141. The largest absolute Gasteiger partial charge is 0.303 e. The van der Waals surface area contributed by atoms with E-state index in [2.05, 4.69) is 32.6 Å². The first-order chi connectivity index (χ1) is 7.00. The molecule has 1 aliphatic carbocycles. The van der Waals surface area contributed by atoms with Crippen molar-refractivity contribution < 1.29 is 4.79 Å². The van der Waals surface area contributed by atoms with E-state index in [0.29, 0.717) is 5.92 Å². The van der Waals surface area contributed by atoms with Gasteiger partial charge in [-0.15, -0.1) is 0 Å². The second-order valence-electron chi connectivity index (χ2n) is 5.68. The highest BCUT2D eigenvalue weighted by atomic mass is 16.1. The molecule has 88 valence electrons. The molecule has 1 saturated carbocycles. The van der Waals surface area contributed by atoms with Crippen LogP contribution in [-0.4, -0.2) is 30.3 Å². The Morgan fingerprint density at radius 3 is 2.40 bits per heavy atom. The van der Waals surface area contributed by atoms with Gasteiger partial charge < -0.3 is 4.79 Å². The van der Waals surface area contributed by atoms with Gasteiger partial charge in [-0.3, -0.25) is 4.90 Å². The predicted octanol–water partition coefficient (Wildman–Crippen LogP) is 2.72. The molecule has 0 amide bonds. The molecule has 0 heterocycles. The minimum absolute atomic E-state index is 0.141. The van der Waals surface area contributed by atoms with Crippen LogP contribution in [0.5, 0.6) is 0 Å². The molecule has 1 unspecified atom stereocenters. The first-order valence-corrected chi connectivity index (χ1v) is 6.21. The lowest BCUT2D eigenvalue weighted by Crippen LogP contribution is -2.40. The van der Waals surface area contributed by atoms with Crippen molar-refractivity contribution >= 4 is 6.29 Å². The minimum atomic E-state index is -0.141. The van der Waals surface area contributed by atoms with Gasteiger partial charge in [0.25, 0.3) is 0 Å².